The molecule has 1 aromatic heterocycles. The van der Waals surface area contributed by atoms with E-state index in [-0.39, 0.29) is 0 Å². The molecule has 0 saturated heterocycles. The number of nitrogens with zero attached hydrogens (tertiary/aromatic N) is 1. The van der Waals surface area contributed by atoms with Crippen LogP contribution in [0, 0.1) is 44.3 Å². The molecule has 0 aliphatic heterocycles. The zero-order chi connectivity index (χ0) is 43.7. The number of fused-ring (bicyclic) bond motifs is 1. The fourth-order valence-electron chi connectivity index (χ4n) is 10.2. The first kappa shape index (κ1) is 53.9. The Balaban J connectivity index is 0.000000359. The van der Waals surface area contributed by atoms with E-state index >= 15 is 0 Å². The summed E-state index contributed by atoms with van der Waals surface area (Å²) in [5.41, 5.74) is 6.04. The number of hydrogen-bond donors (Lipinski definition) is 0. The maximum Gasteiger partial charge on any atom is 0.00504 e. The van der Waals surface area contributed by atoms with Crippen molar-refractivity contribution in [2.75, 3.05) is 20.6 Å². The molecule has 1 aromatic carbocycles. The predicted molar refractivity (Wildman–Crippen MR) is 262 cm³/mol. The van der Waals surface area contributed by atoms with E-state index in [2.05, 4.69) is 178 Å². The number of aryl methyl sites for hydroxylation is 1. The largest absolute Gasteiger partial charge is 0.309 e. The maximum absolute atomic E-state index is 2.38. The summed E-state index contributed by atoms with van der Waals surface area (Å²) in [5, 5.41) is 2.14. The van der Waals surface area contributed by atoms with Crippen LogP contribution in [0.25, 0.3) is 0 Å². The van der Waals surface area contributed by atoms with Crippen molar-refractivity contribution in [3.63, 3.8) is 0 Å². The van der Waals surface area contributed by atoms with Crippen molar-refractivity contribution in [1.29, 1.82) is 0 Å². The molecule has 0 amide bonds. The zero-order valence-electron chi connectivity index (χ0n) is 42.1. The van der Waals surface area contributed by atoms with Gasteiger partial charge in [0.2, 0.25) is 0 Å². The van der Waals surface area contributed by atoms with E-state index in [1.54, 1.807) is 11.1 Å². The normalized spacial score (nSPS) is 18.7. The minimum absolute atomic E-state index is 0.413. The summed E-state index contributed by atoms with van der Waals surface area (Å²) >= 11 is 1.85. The first-order valence-corrected chi connectivity index (χ1v) is 24.6. The first-order valence-electron chi connectivity index (χ1n) is 23.7. The molecule has 0 radical (unpaired) electrons. The minimum atomic E-state index is 0.413. The molecule has 2 aromatic rings. The summed E-state index contributed by atoms with van der Waals surface area (Å²) in [6.07, 6.45) is 22.7. The van der Waals surface area contributed by atoms with Crippen LogP contribution < -0.4 is 0 Å². The molecule has 1 unspecified atom stereocenters. The Labute approximate surface area is 363 Å². The number of thiophene rings is 1. The molecule has 332 valence electrons. The van der Waals surface area contributed by atoms with E-state index in [1.807, 2.05) is 11.3 Å². The van der Waals surface area contributed by atoms with Crippen LogP contribution in [0.2, 0.25) is 0 Å². The average Bonchev–Trinajstić information content (AvgIpc) is 3.55. The first-order chi connectivity index (χ1) is 26.0. The highest BCUT2D eigenvalue weighted by Crippen LogP contribution is 2.43. The van der Waals surface area contributed by atoms with Gasteiger partial charge in [-0.1, -0.05) is 199 Å². The van der Waals surface area contributed by atoms with Gasteiger partial charge in [-0.25, -0.2) is 0 Å². The predicted octanol–water partition coefficient (Wildman–Crippen LogP) is 18.1. The van der Waals surface area contributed by atoms with Gasteiger partial charge in [0.05, 0.1) is 0 Å². The molecule has 0 N–H and O–H groups in total. The van der Waals surface area contributed by atoms with Crippen LogP contribution in [0.3, 0.4) is 0 Å². The SMILES string of the molecule is CC(C)(C)C1CCCCC1.CC(C)(C)C1CCCc2ccccc21.CC(C)(C)CC1CCCCC1.CC(C)(C)Cc1cccs1.CN(C)CC(C)(C)CC(C)(C)C. The number of benzene rings is 1. The maximum atomic E-state index is 2.38. The van der Waals surface area contributed by atoms with Crippen molar-refractivity contribution in [3.8, 4) is 0 Å². The quantitative estimate of drug-likeness (QED) is 0.291. The summed E-state index contributed by atoms with van der Waals surface area (Å²) in [5.74, 6) is 2.80. The van der Waals surface area contributed by atoms with E-state index in [1.165, 1.54) is 114 Å². The molecular formula is C55H101NS. The Bertz CT molecular complexity index is 1280. The van der Waals surface area contributed by atoms with Crippen LogP contribution in [0.15, 0.2) is 41.8 Å². The lowest BCUT2D eigenvalue weighted by atomic mass is 9.69. The number of rotatable bonds is 5. The van der Waals surface area contributed by atoms with E-state index in [9.17, 15) is 0 Å². The Morgan fingerprint density at radius 2 is 1.11 bits per heavy atom. The van der Waals surface area contributed by atoms with Crippen LogP contribution >= 0.6 is 11.3 Å². The van der Waals surface area contributed by atoms with Gasteiger partial charge in [0.25, 0.3) is 0 Å². The van der Waals surface area contributed by atoms with Gasteiger partial charge in [0.15, 0.2) is 0 Å². The second-order valence-electron chi connectivity index (χ2n) is 25.4. The second-order valence-corrected chi connectivity index (χ2v) is 26.5. The fraction of sp³-hybridized carbons (Fsp3) is 0.818. The Hall–Kier alpha value is -1.12. The summed E-state index contributed by atoms with van der Waals surface area (Å²) in [4.78, 5) is 3.76. The van der Waals surface area contributed by atoms with Crippen molar-refractivity contribution >= 4 is 11.3 Å². The molecule has 2 saturated carbocycles. The van der Waals surface area contributed by atoms with Gasteiger partial charge in [-0.3, -0.25) is 0 Å². The number of hydrogen-bond acceptors (Lipinski definition) is 2. The molecule has 3 aliphatic carbocycles. The zero-order valence-corrected chi connectivity index (χ0v) is 43.0. The molecule has 0 spiro atoms. The smallest absolute Gasteiger partial charge is 0.00504 e. The van der Waals surface area contributed by atoms with Crippen LogP contribution in [0.5, 0.6) is 0 Å². The lowest BCUT2D eigenvalue weighted by Gasteiger charge is -2.35. The van der Waals surface area contributed by atoms with Crippen molar-refractivity contribution in [3.05, 3.63) is 57.8 Å². The van der Waals surface area contributed by atoms with Gasteiger partial charge < -0.3 is 4.90 Å². The van der Waals surface area contributed by atoms with Crippen LogP contribution in [-0.2, 0) is 12.8 Å². The van der Waals surface area contributed by atoms with E-state index in [0.717, 1.165) is 17.8 Å². The summed E-state index contributed by atoms with van der Waals surface area (Å²) < 4.78 is 0. The van der Waals surface area contributed by atoms with Gasteiger partial charge in [-0.15, -0.1) is 11.3 Å². The van der Waals surface area contributed by atoms with Crippen LogP contribution in [0.1, 0.15) is 230 Å². The van der Waals surface area contributed by atoms with E-state index < -0.39 is 0 Å². The molecular weight excluding hydrogens is 707 g/mol. The topological polar surface area (TPSA) is 3.24 Å². The average molecular weight is 808 g/mol. The van der Waals surface area contributed by atoms with Crippen LogP contribution in [0.4, 0.5) is 0 Å². The highest BCUT2D eigenvalue weighted by atomic mass is 32.1. The molecule has 1 heterocycles. The Morgan fingerprint density at radius 3 is 1.53 bits per heavy atom. The molecule has 57 heavy (non-hydrogen) atoms. The van der Waals surface area contributed by atoms with Gasteiger partial charge in [0, 0.05) is 11.4 Å². The second kappa shape index (κ2) is 24.4. The summed E-state index contributed by atoms with van der Waals surface area (Å²) in [6.45, 7) is 40.9. The standard InChI is InChI=1S/C14H20.C11H25N.C11H22.C10H20.C9H14S/c1-14(2,3)13-10-6-8-11-7-4-5-9-12(11)13;1-10(2,3)8-11(4,5)9-12(6)7;1-11(2,3)9-10-7-5-4-6-8-10;1-10(2,3)9-7-5-4-6-8-9;1-9(2,3)7-8-5-4-6-10-8/h4-5,7,9,13H,6,8,10H2,1-3H3;8-9H2,1-7H3;10H,4-9H2,1-3H3;9H,4-8H2,1-3H3;4-6H,7H2,1-3H3. The Morgan fingerprint density at radius 1 is 0.561 bits per heavy atom. The van der Waals surface area contributed by atoms with Crippen molar-refractivity contribution < 1.29 is 0 Å². The molecule has 2 fully saturated rings. The highest BCUT2D eigenvalue weighted by Gasteiger charge is 2.30. The van der Waals surface area contributed by atoms with Crippen molar-refractivity contribution in [2.24, 2.45) is 44.3 Å². The minimum Gasteiger partial charge on any atom is -0.309 e. The third kappa shape index (κ3) is 26.7. The third-order valence-corrected chi connectivity index (χ3v) is 12.8. The molecule has 2 heteroatoms. The summed E-state index contributed by atoms with van der Waals surface area (Å²) in [7, 11) is 4.29. The van der Waals surface area contributed by atoms with E-state index in [4.69, 9.17) is 0 Å². The van der Waals surface area contributed by atoms with Gasteiger partial charge in [0.1, 0.15) is 0 Å². The molecule has 1 atom stereocenters. The third-order valence-electron chi connectivity index (χ3n) is 11.9. The van der Waals surface area contributed by atoms with Gasteiger partial charge in [-0.05, 0) is 138 Å². The molecule has 1 nitrogen and oxygen atoms in total. The van der Waals surface area contributed by atoms with E-state index in [0.29, 0.717) is 32.5 Å². The fourth-order valence-corrected chi connectivity index (χ4v) is 11.2. The summed E-state index contributed by atoms with van der Waals surface area (Å²) in [6, 6.07) is 13.3. The van der Waals surface area contributed by atoms with Crippen molar-refractivity contribution in [2.45, 2.75) is 226 Å². The monoisotopic (exact) mass is 808 g/mol. The lowest BCUT2D eigenvalue weighted by molar-refractivity contribution is 0.162. The van der Waals surface area contributed by atoms with Crippen molar-refractivity contribution in [1.82, 2.24) is 4.90 Å². The van der Waals surface area contributed by atoms with Gasteiger partial charge in [-0.2, -0.15) is 0 Å². The van der Waals surface area contributed by atoms with Gasteiger partial charge >= 0.3 is 0 Å². The molecule has 3 aliphatic rings. The molecule has 0 bridgehead atoms. The highest BCUT2D eigenvalue weighted by molar-refractivity contribution is 7.09. The Kier molecular flexibility index (Phi) is 23.0. The lowest BCUT2D eigenvalue weighted by Crippen LogP contribution is -2.32. The molecule has 5 rings (SSSR count). The van der Waals surface area contributed by atoms with Crippen LogP contribution in [-0.4, -0.2) is 25.5 Å².